The van der Waals surface area contributed by atoms with Gasteiger partial charge in [-0.2, -0.15) is 0 Å². The number of hydrogen-bond donors (Lipinski definition) is 2. The highest BCUT2D eigenvalue weighted by Gasteiger charge is 2.22. The van der Waals surface area contributed by atoms with E-state index in [1.165, 1.54) is 0 Å². The van der Waals surface area contributed by atoms with Gasteiger partial charge in [-0.3, -0.25) is 9.13 Å². The van der Waals surface area contributed by atoms with Crippen molar-refractivity contribution in [3.05, 3.63) is 130 Å². The van der Waals surface area contributed by atoms with E-state index in [0.29, 0.717) is 11.1 Å². The van der Waals surface area contributed by atoms with Crippen LogP contribution in [0.25, 0.3) is 45.8 Å². The topological polar surface area (TPSA) is 93.1 Å². The second-order valence-corrected chi connectivity index (χ2v) is 14.2. The van der Waals surface area contributed by atoms with Gasteiger partial charge < -0.3 is 18.8 Å². The molecule has 2 N–H and O–H groups in total. The van der Waals surface area contributed by atoms with Crippen LogP contribution in [-0.4, -0.2) is 23.0 Å². The Morgan fingerprint density at radius 1 is 0.545 bits per heavy atom. The van der Waals surface area contributed by atoms with Crippen molar-refractivity contribution in [2.24, 2.45) is 0 Å². The molecule has 0 bridgehead atoms. The van der Waals surface area contributed by atoms with Crippen LogP contribution < -0.4 is 0 Å². The van der Waals surface area contributed by atoms with E-state index in [-0.39, 0.29) is 25.5 Å². The maximum Gasteiger partial charge on any atom is 0.332 e. The van der Waals surface area contributed by atoms with Crippen molar-refractivity contribution in [2.45, 2.75) is 26.2 Å². The molecule has 5 rings (SSSR count). The summed E-state index contributed by atoms with van der Waals surface area (Å²) in [6, 6.07) is 31.6. The maximum atomic E-state index is 12.7. The van der Waals surface area contributed by atoms with E-state index in [1.54, 1.807) is 13.8 Å². The monoisotopic (exact) mass is 626 g/mol. The van der Waals surface area contributed by atoms with E-state index in [9.17, 15) is 18.9 Å². The molecule has 5 aromatic rings. The normalized spacial score (nSPS) is 14.8. The fourth-order valence-corrected chi connectivity index (χ4v) is 7.69. The van der Waals surface area contributed by atoms with Gasteiger partial charge in [0.05, 0.1) is 25.5 Å². The first-order valence-corrected chi connectivity index (χ1v) is 18.1. The van der Waals surface area contributed by atoms with Gasteiger partial charge in [0.15, 0.2) is 0 Å². The summed E-state index contributed by atoms with van der Waals surface area (Å²) >= 11 is 0. The van der Waals surface area contributed by atoms with Gasteiger partial charge >= 0.3 is 15.2 Å². The number of fused-ring (bicyclic) bond motifs is 2. The molecule has 2 unspecified atom stereocenters. The van der Waals surface area contributed by atoms with Gasteiger partial charge in [0.1, 0.15) is 0 Å². The van der Waals surface area contributed by atoms with Crippen LogP contribution in [0.2, 0.25) is 0 Å². The molecule has 0 aromatic heterocycles. The molecular weight excluding hydrogens is 590 g/mol. The fraction of sp³-hybridized carbons (Fsp3) is 0.167. The molecule has 226 valence electrons. The van der Waals surface area contributed by atoms with E-state index in [2.05, 4.69) is 12.2 Å². The lowest BCUT2D eigenvalue weighted by Crippen LogP contribution is -1.97. The third kappa shape index (κ3) is 7.91. The number of benzene rings is 5. The average molecular weight is 627 g/mol. The fourth-order valence-electron chi connectivity index (χ4n) is 5.39. The van der Waals surface area contributed by atoms with Crippen molar-refractivity contribution in [3.63, 3.8) is 0 Å². The SMILES string of the molecule is CCOP(=O)(O)Cc1ccc2c(/C=C/c3ccccc3)c3cc(CP(=O)(O)OCC)ccc3c(/C=C/c3ccccc3)c2c1. The predicted octanol–water partition coefficient (Wildman–Crippen LogP) is 9.78. The molecule has 5 aromatic carbocycles. The lowest BCUT2D eigenvalue weighted by Gasteiger charge is -2.17. The molecule has 0 aliphatic heterocycles. The largest absolute Gasteiger partial charge is 0.332 e. The number of hydrogen-bond acceptors (Lipinski definition) is 4. The molecular formula is C36H36O6P2. The van der Waals surface area contributed by atoms with Crippen LogP contribution in [0.5, 0.6) is 0 Å². The van der Waals surface area contributed by atoms with Crippen LogP contribution in [0.1, 0.15) is 47.2 Å². The summed E-state index contributed by atoms with van der Waals surface area (Å²) in [6.45, 7) is 3.70. The molecule has 6 nitrogen and oxygen atoms in total. The Labute approximate surface area is 258 Å². The smallest absolute Gasteiger partial charge is 0.324 e. The second-order valence-electron chi connectivity index (χ2n) is 10.5. The number of rotatable bonds is 12. The average Bonchev–Trinajstić information content (AvgIpc) is 2.99. The minimum absolute atomic E-state index is 0.103. The molecule has 0 heterocycles. The standard InChI is InChI=1S/C36H36O6P2/c1-3-41-43(37,38)25-29-17-21-33-32(20-16-28-13-9-6-10-14-28)36-24-30(26-44(39,40)42-4-2)18-22-34(36)31(35(33)23-29)19-15-27-11-7-5-8-12-27/h5-24H,3-4,25-26H2,1-2H3,(H,37,38)(H,39,40)/b19-15+,20-16+. The Hall–Kier alpha value is -3.60. The Kier molecular flexibility index (Phi) is 10.1. The van der Waals surface area contributed by atoms with Crippen molar-refractivity contribution in [2.75, 3.05) is 13.2 Å². The zero-order valence-electron chi connectivity index (χ0n) is 24.8. The molecule has 8 heteroatoms. The van der Waals surface area contributed by atoms with Gasteiger partial charge in [-0.1, -0.05) is 109 Å². The van der Waals surface area contributed by atoms with E-state index >= 15 is 0 Å². The molecule has 0 aliphatic carbocycles. The lowest BCUT2D eigenvalue weighted by molar-refractivity contribution is 0.271. The highest BCUT2D eigenvalue weighted by atomic mass is 31.2. The predicted molar refractivity (Wildman–Crippen MR) is 183 cm³/mol. The minimum Gasteiger partial charge on any atom is -0.324 e. The Morgan fingerprint density at radius 2 is 0.932 bits per heavy atom. The van der Waals surface area contributed by atoms with Gasteiger partial charge in [-0.15, -0.1) is 0 Å². The van der Waals surface area contributed by atoms with E-state index < -0.39 is 15.2 Å². The molecule has 2 atom stereocenters. The zero-order chi connectivity index (χ0) is 31.2. The van der Waals surface area contributed by atoms with Crippen LogP contribution in [0.4, 0.5) is 0 Å². The summed E-state index contributed by atoms with van der Waals surface area (Å²) in [6.07, 6.45) is 8.01. The summed E-state index contributed by atoms with van der Waals surface area (Å²) < 4.78 is 35.7. The van der Waals surface area contributed by atoms with Gasteiger partial charge in [0, 0.05) is 0 Å². The van der Waals surface area contributed by atoms with Crippen LogP contribution in [0.15, 0.2) is 97.1 Å². The third-order valence-electron chi connectivity index (χ3n) is 7.24. The summed E-state index contributed by atoms with van der Waals surface area (Å²) in [7, 11) is -7.62. The van der Waals surface area contributed by atoms with E-state index in [1.807, 2.05) is 109 Å². The Bertz CT molecular complexity index is 1780. The van der Waals surface area contributed by atoms with Crippen molar-refractivity contribution < 1.29 is 28.0 Å². The molecule has 0 fully saturated rings. The summed E-state index contributed by atoms with van der Waals surface area (Å²) in [4.78, 5) is 20.8. The summed E-state index contributed by atoms with van der Waals surface area (Å²) in [5.74, 6) is 0. The Morgan fingerprint density at radius 3 is 1.30 bits per heavy atom. The molecule has 0 saturated carbocycles. The van der Waals surface area contributed by atoms with Crippen molar-refractivity contribution in [3.8, 4) is 0 Å². The molecule has 0 aliphatic rings. The lowest BCUT2D eigenvalue weighted by atomic mass is 9.89. The van der Waals surface area contributed by atoms with Crippen LogP contribution in [0, 0.1) is 0 Å². The van der Waals surface area contributed by atoms with E-state index in [4.69, 9.17) is 9.05 Å². The maximum absolute atomic E-state index is 12.7. The van der Waals surface area contributed by atoms with Crippen LogP contribution in [0.3, 0.4) is 0 Å². The van der Waals surface area contributed by atoms with Crippen LogP contribution in [-0.2, 0) is 30.5 Å². The highest BCUT2D eigenvalue weighted by Crippen LogP contribution is 2.48. The molecule has 0 spiro atoms. The quantitative estimate of drug-likeness (QED) is 0.0814. The second kappa shape index (κ2) is 14.0. The van der Waals surface area contributed by atoms with Gasteiger partial charge in [-0.05, 0) is 80.9 Å². The molecule has 0 radical (unpaired) electrons. The first-order valence-electron chi connectivity index (χ1n) is 14.6. The first-order chi connectivity index (χ1) is 21.2. The third-order valence-corrected chi connectivity index (χ3v) is 10.1. The van der Waals surface area contributed by atoms with Crippen molar-refractivity contribution >= 4 is 61.0 Å². The minimum atomic E-state index is -3.81. The molecule has 0 saturated heterocycles. The highest BCUT2D eigenvalue weighted by molar-refractivity contribution is 7.52. The van der Waals surface area contributed by atoms with Gasteiger partial charge in [-0.25, -0.2) is 0 Å². The summed E-state index contributed by atoms with van der Waals surface area (Å²) in [5.41, 5.74) is 5.32. The van der Waals surface area contributed by atoms with Crippen molar-refractivity contribution in [1.82, 2.24) is 0 Å². The summed E-state index contributed by atoms with van der Waals surface area (Å²) in [5, 5.41) is 3.72. The Balaban J connectivity index is 1.78. The zero-order valence-corrected chi connectivity index (χ0v) is 26.6. The van der Waals surface area contributed by atoms with Gasteiger partial charge in [0.2, 0.25) is 0 Å². The van der Waals surface area contributed by atoms with Crippen molar-refractivity contribution in [1.29, 1.82) is 0 Å². The first kappa shape index (κ1) is 31.8. The molecule has 44 heavy (non-hydrogen) atoms. The van der Waals surface area contributed by atoms with Gasteiger partial charge in [0.25, 0.3) is 0 Å². The van der Waals surface area contributed by atoms with E-state index in [0.717, 1.165) is 43.8 Å². The van der Waals surface area contributed by atoms with Crippen LogP contribution >= 0.6 is 15.2 Å². The molecule has 0 amide bonds.